The van der Waals surface area contributed by atoms with Crippen LogP contribution in [0.25, 0.3) is 0 Å². The van der Waals surface area contributed by atoms with E-state index in [1.807, 2.05) is 6.92 Å². The smallest absolute Gasteiger partial charge is 0.307 e. The lowest BCUT2D eigenvalue weighted by molar-refractivity contribution is -0.234. The van der Waals surface area contributed by atoms with Gasteiger partial charge in [-0.05, 0) is 116 Å². The van der Waals surface area contributed by atoms with Crippen molar-refractivity contribution in [2.24, 2.45) is 61.6 Å². The number of nitrogens with one attached hydrogen (secondary N) is 1. The molecule has 0 bridgehead atoms. The fourth-order valence-electron chi connectivity index (χ4n) is 12.4. The van der Waals surface area contributed by atoms with E-state index in [-0.39, 0.29) is 69.9 Å². The summed E-state index contributed by atoms with van der Waals surface area (Å²) in [6.07, 6.45) is 14.0. The molecule has 0 aliphatic heterocycles. The second-order valence-electron chi connectivity index (χ2n) is 20.0. The Morgan fingerprint density at radius 2 is 1.59 bits per heavy atom. The molecule has 4 saturated carbocycles. The Morgan fingerprint density at radius 3 is 2.24 bits per heavy atom. The van der Waals surface area contributed by atoms with Crippen molar-refractivity contribution >= 4 is 24.1 Å². The third-order valence-electron chi connectivity index (χ3n) is 15.7. The van der Waals surface area contributed by atoms with Crippen LogP contribution in [0.2, 0.25) is 0 Å². The zero-order valence-corrected chi connectivity index (χ0v) is 32.4. The molecular formula is C42H67NO6. The Balaban J connectivity index is 1.42. The average molecular weight is 682 g/mol. The third-order valence-corrected chi connectivity index (χ3v) is 15.7. The molecule has 0 aromatic heterocycles. The van der Waals surface area contributed by atoms with Crippen molar-refractivity contribution in [1.82, 2.24) is 5.32 Å². The summed E-state index contributed by atoms with van der Waals surface area (Å²) in [7, 11) is 0. The first-order chi connectivity index (χ1) is 22.6. The number of hydrogen-bond donors (Lipinski definition) is 2. The molecule has 0 radical (unpaired) electrons. The van der Waals surface area contributed by atoms with Crippen molar-refractivity contribution in [2.75, 3.05) is 6.61 Å². The molecule has 49 heavy (non-hydrogen) atoms. The van der Waals surface area contributed by atoms with Crippen LogP contribution in [0.15, 0.2) is 11.6 Å². The van der Waals surface area contributed by atoms with Gasteiger partial charge in [-0.2, -0.15) is 0 Å². The number of amides is 2. The molecule has 0 aromatic carbocycles. The SMILES string of the molecule is CC(CCCO)C(=O)NC(=O)[C@]12CCC(C)(C)C=C1[C@H]1CCC3[C@@]4(C)CC[C@H](OC(=O)CC(C)(C)C=O)C(C)(C)C4CC[C@@]3(C)[C@]1(C)CC2. The van der Waals surface area contributed by atoms with Crippen LogP contribution in [-0.4, -0.2) is 41.9 Å². The highest BCUT2D eigenvalue weighted by Gasteiger charge is 2.70. The summed E-state index contributed by atoms with van der Waals surface area (Å²) in [5.74, 6) is 0.329. The molecule has 4 fully saturated rings. The molecule has 0 aromatic rings. The Morgan fingerprint density at radius 1 is 0.918 bits per heavy atom. The maximum absolute atomic E-state index is 14.3. The van der Waals surface area contributed by atoms with E-state index in [0.717, 1.165) is 70.5 Å². The summed E-state index contributed by atoms with van der Waals surface area (Å²) in [6.45, 7) is 22.3. The van der Waals surface area contributed by atoms with Crippen LogP contribution in [0.1, 0.15) is 153 Å². The topological polar surface area (TPSA) is 110 Å². The van der Waals surface area contributed by atoms with Gasteiger partial charge >= 0.3 is 5.97 Å². The maximum Gasteiger partial charge on any atom is 0.307 e. The molecule has 276 valence electrons. The molecule has 5 aliphatic carbocycles. The van der Waals surface area contributed by atoms with Crippen molar-refractivity contribution in [3.8, 4) is 0 Å². The molecule has 7 nitrogen and oxygen atoms in total. The van der Waals surface area contributed by atoms with Crippen molar-refractivity contribution in [3.05, 3.63) is 11.6 Å². The van der Waals surface area contributed by atoms with Gasteiger partial charge < -0.3 is 14.6 Å². The minimum atomic E-state index is -0.722. The quantitative estimate of drug-likeness (QED) is 0.144. The van der Waals surface area contributed by atoms with Gasteiger partial charge in [-0.1, -0.05) is 80.9 Å². The van der Waals surface area contributed by atoms with Gasteiger partial charge in [0.05, 0.1) is 11.8 Å². The molecule has 0 heterocycles. The van der Waals surface area contributed by atoms with E-state index in [1.165, 1.54) is 5.57 Å². The van der Waals surface area contributed by atoms with Gasteiger partial charge in [0.2, 0.25) is 11.8 Å². The summed E-state index contributed by atoms with van der Waals surface area (Å²) in [6, 6.07) is 0. The fourth-order valence-corrected chi connectivity index (χ4v) is 12.4. The molecule has 2 N–H and O–H groups in total. The molecule has 3 unspecified atom stereocenters. The van der Waals surface area contributed by atoms with E-state index in [1.54, 1.807) is 13.8 Å². The summed E-state index contributed by atoms with van der Waals surface area (Å²) >= 11 is 0. The summed E-state index contributed by atoms with van der Waals surface area (Å²) in [5, 5.41) is 12.2. The zero-order chi connectivity index (χ0) is 36.4. The molecule has 5 rings (SSSR count). The first-order valence-electron chi connectivity index (χ1n) is 19.5. The lowest BCUT2D eigenvalue weighted by atomic mass is 9.32. The zero-order valence-electron chi connectivity index (χ0n) is 32.4. The highest BCUT2D eigenvalue weighted by atomic mass is 16.5. The number of imide groups is 1. The number of aliphatic hydroxyl groups is 1. The highest BCUT2D eigenvalue weighted by Crippen LogP contribution is 2.76. The number of carbonyl (C=O) groups excluding carboxylic acids is 4. The van der Waals surface area contributed by atoms with Crippen LogP contribution in [0.3, 0.4) is 0 Å². The monoisotopic (exact) mass is 681 g/mol. The number of rotatable bonds is 9. The van der Waals surface area contributed by atoms with Gasteiger partial charge in [-0.3, -0.25) is 19.7 Å². The van der Waals surface area contributed by atoms with E-state index in [0.29, 0.717) is 30.6 Å². The minimum Gasteiger partial charge on any atom is -0.462 e. The van der Waals surface area contributed by atoms with Crippen molar-refractivity contribution in [3.63, 3.8) is 0 Å². The number of aliphatic hydroxyl groups excluding tert-OH is 1. The molecule has 5 aliphatic rings. The van der Waals surface area contributed by atoms with Gasteiger partial charge in [0.15, 0.2) is 0 Å². The predicted octanol–water partition coefficient (Wildman–Crippen LogP) is 8.37. The van der Waals surface area contributed by atoms with E-state index >= 15 is 0 Å². The second kappa shape index (κ2) is 12.9. The Bertz CT molecular complexity index is 1360. The van der Waals surface area contributed by atoms with Crippen LogP contribution >= 0.6 is 0 Å². The molecule has 9 atom stereocenters. The summed E-state index contributed by atoms with van der Waals surface area (Å²) in [5.41, 5.74) is -0.0141. The first-order valence-corrected chi connectivity index (χ1v) is 19.5. The van der Waals surface area contributed by atoms with Gasteiger partial charge in [-0.25, -0.2) is 0 Å². The number of esters is 1. The van der Waals surface area contributed by atoms with Crippen LogP contribution in [0.5, 0.6) is 0 Å². The molecule has 0 saturated heterocycles. The predicted molar refractivity (Wildman–Crippen MR) is 192 cm³/mol. The fraction of sp³-hybridized carbons (Fsp3) is 0.857. The minimum absolute atomic E-state index is 0.00203. The number of fused-ring (bicyclic) bond motifs is 7. The van der Waals surface area contributed by atoms with E-state index in [4.69, 9.17) is 4.74 Å². The standard InChI is InChI=1S/C42H67NO6/c1-27(12-11-23-44)34(47)43-35(48)42-21-19-36(2,3)24-29(42)28-13-14-31-39(8)17-16-32(49-33(46)25-37(4,5)26-45)38(6,7)30(39)15-18-41(31,10)40(28,9)20-22-42/h24,26-28,30-32,44H,11-23,25H2,1-10H3,(H,43,47,48)/t27?,28-,30?,31?,32+,39+,40-,41-,42+/m1/s1. The van der Waals surface area contributed by atoms with Gasteiger partial charge in [-0.15, -0.1) is 0 Å². The third kappa shape index (κ3) is 6.28. The summed E-state index contributed by atoms with van der Waals surface area (Å²) < 4.78 is 6.20. The van der Waals surface area contributed by atoms with E-state index in [2.05, 4.69) is 59.9 Å². The number of ether oxygens (including phenoxy) is 1. The number of hydrogen-bond acceptors (Lipinski definition) is 6. The normalized spacial score (nSPS) is 39.9. The summed E-state index contributed by atoms with van der Waals surface area (Å²) in [4.78, 5) is 52.0. The van der Waals surface area contributed by atoms with Crippen LogP contribution in [-0.2, 0) is 23.9 Å². The molecule has 0 spiro atoms. The second-order valence-corrected chi connectivity index (χ2v) is 20.0. The van der Waals surface area contributed by atoms with Gasteiger partial charge in [0, 0.05) is 23.4 Å². The Labute approximate surface area is 296 Å². The molecule has 2 amide bonds. The van der Waals surface area contributed by atoms with E-state index < -0.39 is 10.8 Å². The van der Waals surface area contributed by atoms with Gasteiger partial charge in [0.1, 0.15) is 12.4 Å². The van der Waals surface area contributed by atoms with Crippen LogP contribution in [0.4, 0.5) is 0 Å². The van der Waals surface area contributed by atoms with Crippen molar-refractivity contribution in [1.29, 1.82) is 0 Å². The van der Waals surface area contributed by atoms with Gasteiger partial charge in [0.25, 0.3) is 0 Å². The number of allylic oxidation sites excluding steroid dienone is 1. The Hall–Kier alpha value is -2.02. The van der Waals surface area contributed by atoms with Crippen LogP contribution < -0.4 is 5.32 Å². The lowest BCUT2D eigenvalue weighted by Crippen LogP contribution is -2.66. The van der Waals surface area contributed by atoms with Crippen molar-refractivity contribution in [2.45, 2.75) is 159 Å². The average Bonchev–Trinajstić information content (AvgIpc) is 3.01. The maximum atomic E-state index is 14.3. The number of aldehydes is 1. The first kappa shape index (κ1) is 38.2. The number of carbonyl (C=O) groups is 4. The van der Waals surface area contributed by atoms with Crippen molar-refractivity contribution < 1.29 is 29.0 Å². The lowest BCUT2D eigenvalue weighted by Gasteiger charge is -2.72. The molecular weight excluding hydrogens is 614 g/mol. The highest BCUT2D eigenvalue weighted by molar-refractivity contribution is 6.00. The van der Waals surface area contributed by atoms with Crippen LogP contribution in [0, 0.1) is 61.6 Å². The molecule has 7 heteroatoms. The van der Waals surface area contributed by atoms with E-state index in [9.17, 15) is 24.3 Å². The Kier molecular flexibility index (Phi) is 10.0. The largest absolute Gasteiger partial charge is 0.462 e.